The predicted octanol–water partition coefficient (Wildman–Crippen LogP) is 4.22. The molecule has 9 rings (SSSR count). The van der Waals surface area contributed by atoms with Gasteiger partial charge in [0.25, 0.3) is 20.2 Å². The van der Waals surface area contributed by atoms with Crippen LogP contribution in [-0.2, 0) is 20.2 Å². The first kappa shape index (κ1) is 28.3. The Labute approximate surface area is 268 Å². The van der Waals surface area contributed by atoms with Crippen molar-refractivity contribution >= 4 is 86.6 Å². The maximum absolute atomic E-state index is 12.8. The molecule has 0 fully saturated rings. The summed E-state index contributed by atoms with van der Waals surface area (Å²) >= 11 is 0. The minimum atomic E-state index is -5.25. The van der Waals surface area contributed by atoms with Gasteiger partial charge in [-0.15, -0.1) is 0 Å². The molecule has 0 saturated heterocycles. The van der Waals surface area contributed by atoms with E-state index in [1.54, 1.807) is 12.1 Å². The van der Waals surface area contributed by atoms with Gasteiger partial charge in [0.15, 0.2) is 0 Å². The average Bonchev–Trinajstić information content (AvgIpc) is 3.79. The van der Waals surface area contributed by atoms with E-state index in [4.69, 9.17) is 20.0 Å². The lowest BCUT2D eigenvalue weighted by atomic mass is 10.2. The molecule has 1 aliphatic heterocycles. The minimum absolute atomic E-state index is 0.0922. The van der Waals surface area contributed by atoms with E-state index >= 15 is 0 Å². The van der Waals surface area contributed by atoms with Crippen molar-refractivity contribution in [1.82, 2.24) is 19.9 Å². The van der Waals surface area contributed by atoms with Gasteiger partial charge < -0.3 is 19.9 Å². The molecule has 0 aliphatic carbocycles. The quantitative estimate of drug-likeness (QED) is 0.147. The maximum Gasteiger partial charge on any atom is 0.296 e. The lowest BCUT2D eigenvalue weighted by Crippen LogP contribution is -2.13. The van der Waals surface area contributed by atoms with Crippen LogP contribution in [0.15, 0.2) is 115 Å². The molecule has 0 radical (unpaired) electrons. The lowest BCUT2D eigenvalue weighted by Gasteiger charge is -2.05. The molecule has 8 bridgehead atoms. The number of hydrogen-bond acceptors (Lipinski definition) is 8. The topological polar surface area (TPSA) is 221 Å². The average molecular weight is 677 g/mol. The first-order chi connectivity index (χ1) is 23.0. The van der Waals surface area contributed by atoms with Gasteiger partial charge in [-0.3, -0.25) is 9.11 Å². The predicted molar refractivity (Wildman–Crippen MR) is 176 cm³/mol. The second kappa shape index (κ2) is 9.79. The van der Waals surface area contributed by atoms with Crippen LogP contribution in [0.4, 0.5) is 23.3 Å². The second-order valence-electron chi connectivity index (χ2n) is 11.1. The Morgan fingerprint density at radius 1 is 0.417 bits per heavy atom. The van der Waals surface area contributed by atoms with Crippen LogP contribution in [0, 0.1) is 0 Å². The number of fused-ring (bicyclic) bond motifs is 20. The minimum Gasteiger partial charge on any atom is -0.324 e. The van der Waals surface area contributed by atoms with Crippen LogP contribution >= 0.6 is 0 Å². The van der Waals surface area contributed by atoms with Crippen molar-refractivity contribution in [1.29, 1.82) is 0 Å². The number of nitrogens with one attached hydrogen (secondary N) is 4. The Balaban J connectivity index is 1.54. The number of aromatic nitrogens is 4. The molecule has 4 aromatic heterocycles. The number of nitrogens with zero attached hydrogens (tertiary/aromatic N) is 4. The summed E-state index contributed by atoms with van der Waals surface area (Å²) in [7, 11) is -10.4. The first-order valence-electron chi connectivity index (χ1n) is 14.4. The molecular formula is C32H20N8O6S2. The molecule has 4 aromatic carbocycles. The normalized spacial score (nSPS) is 13.4. The highest BCUT2D eigenvalue weighted by molar-refractivity contribution is 7.89. The third-order valence-corrected chi connectivity index (χ3v) is 10.3. The largest absolute Gasteiger partial charge is 0.324 e. The number of benzene rings is 4. The third kappa shape index (κ3) is 4.24. The van der Waals surface area contributed by atoms with E-state index in [1.807, 2.05) is 60.7 Å². The van der Waals surface area contributed by atoms with E-state index < -0.39 is 30.0 Å². The summed E-state index contributed by atoms with van der Waals surface area (Å²) in [6.45, 7) is 0. The number of rotatable bonds is 2. The lowest BCUT2D eigenvalue weighted by molar-refractivity contribution is 0.467. The molecular weight excluding hydrogens is 657 g/mol. The van der Waals surface area contributed by atoms with E-state index in [-0.39, 0.29) is 27.6 Å². The molecule has 8 aromatic rings. The molecule has 6 N–H and O–H groups in total. The summed E-state index contributed by atoms with van der Waals surface area (Å²) in [6, 6.07) is 24.5. The van der Waals surface area contributed by atoms with Gasteiger partial charge in [-0.2, -0.15) is 16.8 Å². The van der Waals surface area contributed by atoms with Gasteiger partial charge in [0.1, 0.15) is 55.0 Å². The van der Waals surface area contributed by atoms with Crippen molar-refractivity contribution < 1.29 is 25.9 Å². The number of H-pyrrole nitrogens is 4. The Morgan fingerprint density at radius 3 is 1.21 bits per heavy atom. The summed E-state index contributed by atoms with van der Waals surface area (Å²) in [5.41, 5.74) is 1.02. The number of hydrogen-bond donors (Lipinski definition) is 6. The van der Waals surface area contributed by atoms with Gasteiger partial charge in [-0.1, -0.05) is 72.8 Å². The van der Waals surface area contributed by atoms with Crippen LogP contribution in [0.5, 0.6) is 0 Å². The zero-order valence-electron chi connectivity index (χ0n) is 24.2. The van der Waals surface area contributed by atoms with Crippen LogP contribution in [0.3, 0.4) is 0 Å². The van der Waals surface area contributed by atoms with Gasteiger partial charge in [-0.25, -0.2) is 20.0 Å². The van der Waals surface area contributed by atoms with Crippen molar-refractivity contribution in [2.75, 3.05) is 0 Å². The van der Waals surface area contributed by atoms with Crippen molar-refractivity contribution in [3.63, 3.8) is 0 Å². The number of aromatic amines is 4. The monoisotopic (exact) mass is 676 g/mol. The summed E-state index contributed by atoms with van der Waals surface area (Å²) in [6.07, 6.45) is 0. The van der Waals surface area contributed by atoms with E-state index in [0.29, 0.717) is 44.6 Å². The van der Waals surface area contributed by atoms with Crippen molar-refractivity contribution in [3.05, 3.63) is 107 Å². The Kier molecular flexibility index (Phi) is 5.77. The second-order valence-corrected chi connectivity index (χ2v) is 13.9. The van der Waals surface area contributed by atoms with Crippen molar-refractivity contribution in [3.8, 4) is 0 Å². The molecule has 48 heavy (non-hydrogen) atoms. The smallest absolute Gasteiger partial charge is 0.296 e. The molecule has 0 atom stereocenters. The fraction of sp³-hybridized carbons (Fsp3) is 0. The van der Waals surface area contributed by atoms with Crippen LogP contribution in [0.1, 0.15) is 0 Å². The summed E-state index contributed by atoms with van der Waals surface area (Å²) in [4.78, 5) is 30.2. The van der Waals surface area contributed by atoms with Gasteiger partial charge in [0.2, 0.25) is 0 Å². The maximum atomic E-state index is 12.8. The molecule has 0 unspecified atom stereocenters. The van der Waals surface area contributed by atoms with Crippen LogP contribution < -0.4 is 22.0 Å². The van der Waals surface area contributed by atoms with Gasteiger partial charge in [0, 0.05) is 37.7 Å². The molecule has 5 heterocycles. The molecule has 0 saturated carbocycles. The van der Waals surface area contributed by atoms with Crippen molar-refractivity contribution in [2.24, 2.45) is 20.0 Å². The Morgan fingerprint density at radius 2 is 0.792 bits per heavy atom. The molecule has 1 aliphatic rings. The molecule has 16 heteroatoms. The zero-order valence-corrected chi connectivity index (χ0v) is 25.8. The van der Waals surface area contributed by atoms with Gasteiger partial charge >= 0.3 is 0 Å². The highest BCUT2D eigenvalue weighted by Gasteiger charge is 2.29. The van der Waals surface area contributed by atoms with Crippen LogP contribution in [-0.4, -0.2) is 45.9 Å². The summed E-state index contributed by atoms with van der Waals surface area (Å²) in [5, 5.41) is 4.19. The van der Waals surface area contributed by atoms with E-state index in [9.17, 15) is 25.9 Å². The Hall–Kier alpha value is -5.94. The van der Waals surface area contributed by atoms with E-state index in [1.165, 1.54) is 6.07 Å². The molecule has 14 nitrogen and oxygen atoms in total. The summed E-state index contributed by atoms with van der Waals surface area (Å²) in [5.74, 6) is 1.51. The van der Waals surface area contributed by atoms with Crippen LogP contribution in [0.2, 0.25) is 0 Å². The van der Waals surface area contributed by atoms with Gasteiger partial charge in [0.05, 0.1) is 5.39 Å². The van der Waals surface area contributed by atoms with E-state index in [2.05, 4.69) is 19.9 Å². The highest BCUT2D eigenvalue weighted by Crippen LogP contribution is 2.36. The SMILES string of the molecule is O=S(=O)(O)c1ccc2c3[nH]c(c2c1S(=O)(=O)O)=Nc1[nH]c(c2ccccc12)N=c1[nH]c(c2ccccc12)=Nc1[nH]c(c2ccccc12)N=3. The van der Waals surface area contributed by atoms with E-state index in [0.717, 1.165) is 22.2 Å². The fourth-order valence-corrected chi connectivity index (χ4v) is 8.27. The molecule has 236 valence electrons. The first-order valence-corrected chi connectivity index (χ1v) is 17.3. The standard InChI is InChI=1S/C32H20N8O6S2/c41-47(42,43)22-14-13-21-23(24(22)48(44,45)46)32-39-30-20-12-6-5-11-19(20)28(37-30)35-26-16-8-2-1-7-15(16)25(33-26)34-27-17-9-3-4-10-18(17)29(36-27)38-31(21)40-32/h1-14H,(H,41,42,43)(H,44,45,46)(H4,33,34,35,36,37,38,39,40). The fourth-order valence-electron chi connectivity index (χ4n) is 6.27. The highest BCUT2D eigenvalue weighted by atomic mass is 32.2. The third-order valence-electron chi connectivity index (χ3n) is 8.30. The van der Waals surface area contributed by atoms with Crippen molar-refractivity contribution in [2.45, 2.75) is 9.79 Å². The van der Waals surface area contributed by atoms with Gasteiger partial charge in [-0.05, 0) is 12.1 Å². The summed E-state index contributed by atoms with van der Waals surface area (Å²) < 4.78 is 70.7. The van der Waals surface area contributed by atoms with Crippen LogP contribution in [0.25, 0.3) is 43.1 Å². The zero-order chi connectivity index (χ0) is 32.9. The molecule has 0 amide bonds. The Bertz CT molecular complexity index is 3190. The molecule has 0 spiro atoms.